The largest absolute Gasteiger partial charge is 0.294 e. The number of rotatable bonds is 3. The van der Waals surface area contributed by atoms with E-state index in [1.807, 2.05) is 27.7 Å². The number of hydrogen-bond donors (Lipinski definition) is 1. The van der Waals surface area contributed by atoms with Gasteiger partial charge < -0.3 is 0 Å². The lowest BCUT2D eigenvalue weighted by Gasteiger charge is -2.04. The molecule has 0 unspecified atom stereocenters. The van der Waals surface area contributed by atoms with Crippen molar-refractivity contribution in [2.24, 2.45) is 0 Å². The van der Waals surface area contributed by atoms with Gasteiger partial charge in [0.2, 0.25) is 0 Å². The molecule has 0 amide bonds. The molecule has 0 fully saturated rings. The normalized spacial score (nSPS) is 8.59. The smallest absolute Gasteiger partial charge is 0.282 e. The first-order valence-corrected chi connectivity index (χ1v) is 8.50. The van der Waals surface area contributed by atoms with Crippen LogP contribution in [0.5, 0.6) is 0 Å². The van der Waals surface area contributed by atoms with Gasteiger partial charge in [0.15, 0.2) is 0 Å². The molecule has 0 aromatic heterocycles. The van der Waals surface area contributed by atoms with Crippen LogP contribution in [-0.2, 0) is 16.5 Å². The molecular weight excluding hydrogens is 296 g/mol. The van der Waals surface area contributed by atoms with E-state index in [1.54, 1.807) is 36.4 Å². The number of allylic oxidation sites excluding steroid dienone is 3. The number of benzene rings is 1. The molecule has 0 aliphatic rings. The summed E-state index contributed by atoms with van der Waals surface area (Å²) in [4.78, 5) is 0.0249. The van der Waals surface area contributed by atoms with E-state index in [1.165, 1.54) is 6.07 Å². The summed E-state index contributed by atoms with van der Waals surface area (Å²) in [7, 11) is -4.06. The van der Waals surface area contributed by atoms with Crippen molar-refractivity contribution >= 4 is 10.1 Å². The van der Waals surface area contributed by atoms with E-state index in [0.29, 0.717) is 12.0 Å². The van der Waals surface area contributed by atoms with E-state index in [2.05, 4.69) is 19.7 Å². The third-order valence-electron chi connectivity index (χ3n) is 1.77. The van der Waals surface area contributed by atoms with E-state index >= 15 is 0 Å². The number of hydrogen-bond acceptors (Lipinski definition) is 2. The Morgan fingerprint density at radius 1 is 1.00 bits per heavy atom. The maximum absolute atomic E-state index is 10.9. The van der Waals surface area contributed by atoms with Gasteiger partial charge in [0.05, 0.1) is 4.90 Å². The van der Waals surface area contributed by atoms with E-state index in [4.69, 9.17) is 4.55 Å². The molecule has 1 N–H and O–H groups in total. The summed E-state index contributed by atoms with van der Waals surface area (Å²) in [6.07, 6.45) is 6.77. The van der Waals surface area contributed by atoms with Gasteiger partial charge in [-0.2, -0.15) is 8.42 Å². The topological polar surface area (TPSA) is 54.4 Å². The Labute approximate surface area is 136 Å². The fourth-order valence-electron chi connectivity index (χ4n) is 1.23. The molecule has 0 aliphatic carbocycles. The second kappa shape index (κ2) is 17.4. The minimum Gasteiger partial charge on any atom is -0.282 e. The van der Waals surface area contributed by atoms with Gasteiger partial charge in [-0.05, 0) is 38.8 Å². The molecule has 1 aromatic carbocycles. The van der Waals surface area contributed by atoms with E-state index in [9.17, 15) is 8.42 Å². The first kappa shape index (κ1) is 25.3. The van der Waals surface area contributed by atoms with E-state index in [0.717, 1.165) is 6.42 Å². The molecular formula is C18H30O3S. The zero-order valence-corrected chi connectivity index (χ0v) is 15.1. The average Bonchev–Trinajstić information content (AvgIpc) is 2.41. The second-order valence-corrected chi connectivity index (χ2v) is 5.45. The number of aryl methyl sites for hydroxylation is 1. The summed E-state index contributed by atoms with van der Waals surface area (Å²) in [6.45, 7) is 17.7. The Kier molecular flexibility index (Phi) is 20.0. The maximum atomic E-state index is 10.9. The summed E-state index contributed by atoms with van der Waals surface area (Å²) < 4.78 is 30.6. The van der Waals surface area contributed by atoms with Crippen molar-refractivity contribution in [2.75, 3.05) is 0 Å². The highest BCUT2D eigenvalue weighted by atomic mass is 32.2. The van der Waals surface area contributed by atoms with E-state index < -0.39 is 10.1 Å². The molecule has 22 heavy (non-hydrogen) atoms. The van der Waals surface area contributed by atoms with Crippen LogP contribution < -0.4 is 0 Å². The Morgan fingerprint density at radius 2 is 1.36 bits per heavy atom. The summed E-state index contributed by atoms with van der Waals surface area (Å²) in [5.41, 5.74) is 0.674. The lowest BCUT2D eigenvalue weighted by molar-refractivity contribution is 0.482. The summed E-state index contributed by atoms with van der Waals surface area (Å²) in [6, 6.07) is 6.49. The van der Waals surface area contributed by atoms with Crippen molar-refractivity contribution in [1.82, 2.24) is 0 Å². The standard InChI is InChI=1S/C9H12O3S.3C3H6/c1-2-5-8-6-3-4-7-9(8)13(10,11)12;3*1-3-2/h3-4,6-7H,2,5H2,1H3,(H,10,11,12);3*3H,1H2,2H3. The highest BCUT2D eigenvalue weighted by molar-refractivity contribution is 7.85. The minimum absolute atomic E-state index is 0.0249. The first-order chi connectivity index (χ1) is 10.3. The van der Waals surface area contributed by atoms with Gasteiger partial charge in [-0.15, -0.1) is 19.7 Å². The molecule has 0 aliphatic heterocycles. The van der Waals surface area contributed by atoms with Crippen LogP contribution in [0, 0.1) is 0 Å². The third kappa shape index (κ3) is 16.4. The van der Waals surface area contributed by atoms with Crippen LogP contribution >= 0.6 is 0 Å². The molecule has 3 nitrogen and oxygen atoms in total. The van der Waals surface area contributed by atoms with Crippen LogP contribution in [0.2, 0.25) is 0 Å². The summed E-state index contributed by atoms with van der Waals surface area (Å²) in [5.74, 6) is 0. The van der Waals surface area contributed by atoms with Crippen LogP contribution in [0.3, 0.4) is 0 Å². The predicted molar refractivity (Wildman–Crippen MR) is 97.9 cm³/mol. The van der Waals surface area contributed by atoms with Gasteiger partial charge >= 0.3 is 0 Å². The first-order valence-electron chi connectivity index (χ1n) is 7.06. The highest BCUT2D eigenvalue weighted by Gasteiger charge is 2.13. The molecule has 0 bridgehead atoms. The van der Waals surface area contributed by atoms with Crippen LogP contribution in [-0.4, -0.2) is 13.0 Å². The third-order valence-corrected chi connectivity index (χ3v) is 2.72. The molecule has 0 atom stereocenters. The molecule has 1 aromatic rings. The lowest BCUT2D eigenvalue weighted by atomic mass is 10.1. The Bertz CT molecular complexity index is 489. The lowest BCUT2D eigenvalue weighted by Crippen LogP contribution is -2.02. The fraction of sp³-hybridized carbons (Fsp3) is 0.333. The molecule has 0 saturated heterocycles. The van der Waals surface area contributed by atoms with Gasteiger partial charge in [0, 0.05) is 0 Å². The van der Waals surface area contributed by atoms with Crippen LogP contribution in [0.25, 0.3) is 0 Å². The average molecular weight is 327 g/mol. The Balaban J connectivity index is -0.000000334. The van der Waals surface area contributed by atoms with E-state index in [-0.39, 0.29) is 4.90 Å². The van der Waals surface area contributed by atoms with Crippen LogP contribution in [0.1, 0.15) is 39.7 Å². The van der Waals surface area contributed by atoms with Crippen molar-refractivity contribution in [3.63, 3.8) is 0 Å². The molecule has 0 radical (unpaired) electrons. The fourth-order valence-corrected chi connectivity index (χ4v) is 1.98. The van der Waals surface area contributed by atoms with Crippen LogP contribution in [0.15, 0.2) is 67.1 Å². The van der Waals surface area contributed by atoms with Gasteiger partial charge in [-0.1, -0.05) is 49.8 Å². The zero-order valence-electron chi connectivity index (χ0n) is 14.2. The van der Waals surface area contributed by atoms with Crippen molar-refractivity contribution in [1.29, 1.82) is 0 Å². The van der Waals surface area contributed by atoms with Crippen LogP contribution in [0.4, 0.5) is 0 Å². The van der Waals surface area contributed by atoms with Gasteiger partial charge in [0.25, 0.3) is 10.1 Å². The maximum Gasteiger partial charge on any atom is 0.294 e. The molecule has 0 saturated carbocycles. The molecule has 4 heteroatoms. The highest BCUT2D eigenvalue weighted by Crippen LogP contribution is 2.16. The Morgan fingerprint density at radius 3 is 1.68 bits per heavy atom. The molecule has 1 rings (SSSR count). The van der Waals surface area contributed by atoms with Crippen molar-refractivity contribution < 1.29 is 13.0 Å². The SMILES string of the molecule is C=CC.C=CC.C=CC.CCCc1ccccc1S(=O)(=O)O. The van der Waals surface area contributed by atoms with Crippen molar-refractivity contribution in [3.05, 3.63) is 67.8 Å². The Hall–Kier alpha value is -1.65. The summed E-state index contributed by atoms with van der Waals surface area (Å²) in [5, 5.41) is 0. The second-order valence-electron chi connectivity index (χ2n) is 4.06. The molecule has 0 heterocycles. The van der Waals surface area contributed by atoms with Crippen molar-refractivity contribution in [3.8, 4) is 0 Å². The quantitative estimate of drug-likeness (QED) is 0.592. The predicted octanol–water partition coefficient (Wildman–Crippen LogP) is 5.46. The van der Waals surface area contributed by atoms with Gasteiger partial charge in [0.1, 0.15) is 0 Å². The monoisotopic (exact) mass is 326 g/mol. The zero-order chi connectivity index (χ0) is 18.0. The van der Waals surface area contributed by atoms with Gasteiger partial charge in [-0.3, -0.25) is 4.55 Å². The molecule has 126 valence electrons. The van der Waals surface area contributed by atoms with Gasteiger partial charge in [-0.25, -0.2) is 0 Å². The summed E-state index contributed by atoms with van der Waals surface area (Å²) >= 11 is 0. The van der Waals surface area contributed by atoms with Crippen molar-refractivity contribution in [2.45, 2.75) is 45.4 Å². The molecule has 0 spiro atoms. The minimum atomic E-state index is -4.06.